The van der Waals surface area contributed by atoms with Gasteiger partial charge in [-0.05, 0) is 6.92 Å². The van der Waals surface area contributed by atoms with Gasteiger partial charge in [0.2, 0.25) is 0 Å². The lowest BCUT2D eigenvalue weighted by Gasteiger charge is -2.06. The number of pyridine rings is 1. The SMILES string of the molecule is Cc1csc(CNc2nc(N)c(F)cc2F)n1. The Morgan fingerprint density at radius 1 is 1.35 bits per heavy atom. The smallest absolute Gasteiger partial charge is 0.168 e. The summed E-state index contributed by atoms with van der Waals surface area (Å²) in [7, 11) is 0. The van der Waals surface area contributed by atoms with E-state index in [1.54, 1.807) is 0 Å². The maximum Gasteiger partial charge on any atom is 0.168 e. The van der Waals surface area contributed by atoms with Gasteiger partial charge in [0.05, 0.1) is 6.54 Å². The zero-order valence-corrected chi connectivity index (χ0v) is 9.81. The Hall–Kier alpha value is -1.76. The van der Waals surface area contributed by atoms with Crippen LogP contribution in [0.2, 0.25) is 0 Å². The van der Waals surface area contributed by atoms with Gasteiger partial charge in [0.1, 0.15) is 5.01 Å². The van der Waals surface area contributed by atoms with Crippen LogP contribution in [-0.4, -0.2) is 9.97 Å². The van der Waals surface area contributed by atoms with E-state index in [1.165, 1.54) is 11.3 Å². The third kappa shape index (κ3) is 2.68. The maximum absolute atomic E-state index is 13.3. The number of nitrogens with two attached hydrogens (primary N) is 1. The first-order valence-electron chi connectivity index (χ1n) is 4.82. The molecule has 0 unspecified atom stereocenters. The molecule has 0 spiro atoms. The van der Waals surface area contributed by atoms with Crippen molar-refractivity contribution in [2.75, 3.05) is 11.1 Å². The number of anilines is 2. The Labute approximate surface area is 101 Å². The maximum atomic E-state index is 13.3. The number of hydrogen-bond acceptors (Lipinski definition) is 5. The second-order valence-corrected chi connectivity index (χ2v) is 4.36. The number of nitrogens with zero attached hydrogens (tertiary/aromatic N) is 2. The van der Waals surface area contributed by atoms with Gasteiger partial charge in [-0.2, -0.15) is 0 Å². The summed E-state index contributed by atoms with van der Waals surface area (Å²) in [5, 5.41) is 5.41. The topological polar surface area (TPSA) is 63.8 Å². The molecular weight excluding hydrogens is 246 g/mol. The first kappa shape index (κ1) is 11.7. The molecule has 0 saturated carbocycles. The lowest BCUT2D eigenvalue weighted by molar-refractivity contribution is 0.579. The van der Waals surface area contributed by atoms with Gasteiger partial charge in [0.25, 0.3) is 0 Å². The molecule has 2 rings (SSSR count). The van der Waals surface area contributed by atoms with Crippen molar-refractivity contribution >= 4 is 23.0 Å². The number of hydrogen-bond donors (Lipinski definition) is 2. The molecule has 0 fully saturated rings. The zero-order chi connectivity index (χ0) is 12.4. The molecule has 0 saturated heterocycles. The van der Waals surface area contributed by atoms with Crippen LogP contribution in [0.5, 0.6) is 0 Å². The molecule has 0 radical (unpaired) electrons. The van der Waals surface area contributed by atoms with Crippen LogP contribution < -0.4 is 11.1 Å². The predicted octanol–water partition coefficient (Wildman–Crippen LogP) is 2.32. The van der Waals surface area contributed by atoms with E-state index in [9.17, 15) is 8.78 Å². The summed E-state index contributed by atoms with van der Waals surface area (Å²) in [4.78, 5) is 7.78. The van der Waals surface area contributed by atoms with Gasteiger partial charge in [-0.15, -0.1) is 11.3 Å². The Balaban J connectivity index is 2.11. The molecule has 2 heterocycles. The molecule has 3 N–H and O–H groups in total. The fourth-order valence-electron chi connectivity index (χ4n) is 1.25. The zero-order valence-electron chi connectivity index (χ0n) is 9.00. The highest BCUT2D eigenvalue weighted by Gasteiger charge is 2.09. The highest BCUT2D eigenvalue weighted by molar-refractivity contribution is 7.09. The molecule has 90 valence electrons. The van der Waals surface area contributed by atoms with Crippen LogP contribution in [0.1, 0.15) is 10.7 Å². The highest BCUT2D eigenvalue weighted by Crippen LogP contribution is 2.18. The van der Waals surface area contributed by atoms with E-state index in [-0.39, 0.29) is 11.6 Å². The van der Waals surface area contributed by atoms with E-state index in [2.05, 4.69) is 15.3 Å². The molecule has 0 aliphatic rings. The molecule has 0 bridgehead atoms. The van der Waals surface area contributed by atoms with Crippen LogP contribution in [0.4, 0.5) is 20.4 Å². The van der Waals surface area contributed by atoms with Crippen molar-refractivity contribution < 1.29 is 8.78 Å². The number of nitrogen functional groups attached to an aromatic ring is 1. The molecule has 0 aliphatic heterocycles. The van der Waals surface area contributed by atoms with Gasteiger partial charge in [-0.1, -0.05) is 0 Å². The molecule has 7 heteroatoms. The third-order valence-corrected chi connectivity index (χ3v) is 3.00. The number of rotatable bonds is 3. The van der Waals surface area contributed by atoms with Crippen molar-refractivity contribution in [2.45, 2.75) is 13.5 Å². The van der Waals surface area contributed by atoms with Gasteiger partial charge < -0.3 is 11.1 Å². The number of halogens is 2. The first-order valence-corrected chi connectivity index (χ1v) is 5.70. The summed E-state index contributed by atoms with van der Waals surface area (Å²) in [6, 6.07) is 0.706. The molecule has 2 aromatic rings. The Bertz CT molecular complexity index is 541. The van der Waals surface area contributed by atoms with Crippen molar-refractivity contribution in [1.82, 2.24) is 9.97 Å². The second-order valence-electron chi connectivity index (χ2n) is 3.42. The van der Waals surface area contributed by atoms with E-state index >= 15 is 0 Å². The summed E-state index contributed by atoms with van der Waals surface area (Å²) in [5.41, 5.74) is 6.16. The van der Waals surface area contributed by atoms with Crippen molar-refractivity contribution in [3.63, 3.8) is 0 Å². The minimum absolute atomic E-state index is 0.0725. The van der Waals surface area contributed by atoms with Crippen LogP contribution >= 0.6 is 11.3 Å². The first-order chi connectivity index (χ1) is 8.06. The average molecular weight is 256 g/mol. The van der Waals surface area contributed by atoms with Crippen LogP contribution in [0.15, 0.2) is 11.4 Å². The normalized spacial score (nSPS) is 10.5. The second kappa shape index (κ2) is 4.62. The number of aromatic nitrogens is 2. The van der Waals surface area contributed by atoms with Crippen molar-refractivity contribution in [1.29, 1.82) is 0 Å². The molecule has 0 atom stereocenters. The largest absolute Gasteiger partial charge is 0.381 e. The van der Waals surface area contributed by atoms with E-state index in [4.69, 9.17) is 5.73 Å². The number of nitrogens with one attached hydrogen (secondary N) is 1. The summed E-state index contributed by atoms with van der Waals surface area (Å²) in [5.74, 6) is -2.04. The summed E-state index contributed by atoms with van der Waals surface area (Å²) >= 11 is 1.45. The van der Waals surface area contributed by atoms with Crippen molar-refractivity contribution in [2.24, 2.45) is 0 Å². The Kier molecular flexibility index (Phi) is 3.19. The van der Waals surface area contributed by atoms with Crippen LogP contribution in [-0.2, 0) is 6.54 Å². The average Bonchev–Trinajstić information content (AvgIpc) is 2.68. The lowest BCUT2D eigenvalue weighted by Crippen LogP contribution is -2.06. The van der Waals surface area contributed by atoms with Gasteiger partial charge in [-0.25, -0.2) is 18.7 Å². The van der Waals surface area contributed by atoms with E-state index in [0.717, 1.165) is 10.7 Å². The van der Waals surface area contributed by atoms with Gasteiger partial charge >= 0.3 is 0 Å². The molecule has 0 amide bonds. The molecule has 0 aromatic carbocycles. The Morgan fingerprint density at radius 2 is 2.12 bits per heavy atom. The molecule has 0 aliphatic carbocycles. The quantitative estimate of drug-likeness (QED) is 0.884. The van der Waals surface area contributed by atoms with E-state index in [1.807, 2.05) is 12.3 Å². The van der Waals surface area contributed by atoms with E-state index < -0.39 is 11.6 Å². The van der Waals surface area contributed by atoms with Crippen LogP contribution in [0.25, 0.3) is 0 Å². The van der Waals surface area contributed by atoms with Crippen molar-refractivity contribution in [3.05, 3.63) is 33.8 Å². The minimum Gasteiger partial charge on any atom is -0.381 e. The number of thiazole rings is 1. The van der Waals surface area contributed by atoms with Gasteiger partial charge in [-0.3, -0.25) is 0 Å². The summed E-state index contributed by atoms with van der Waals surface area (Å²) in [6.07, 6.45) is 0. The molecule has 2 aromatic heterocycles. The lowest BCUT2D eigenvalue weighted by atomic mass is 10.4. The predicted molar refractivity (Wildman–Crippen MR) is 62.7 cm³/mol. The molecular formula is C10H10F2N4S. The fraction of sp³-hybridized carbons (Fsp3) is 0.200. The standard InChI is InChI=1S/C10H10F2N4S/c1-5-4-17-8(15-5)3-14-10-7(12)2-6(11)9(13)16-10/h2,4H,3H2,1H3,(H3,13,14,16). The van der Waals surface area contributed by atoms with E-state index in [0.29, 0.717) is 12.6 Å². The molecule has 4 nitrogen and oxygen atoms in total. The van der Waals surface area contributed by atoms with Gasteiger partial charge in [0, 0.05) is 17.1 Å². The van der Waals surface area contributed by atoms with Crippen molar-refractivity contribution in [3.8, 4) is 0 Å². The summed E-state index contributed by atoms with van der Waals surface area (Å²) in [6.45, 7) is 2.20. The van der Waals surface area contributed by atoms with Gasteiger partial charge in [0.15, 0.2) is 23.3 Å². The van der Waals surface area contributed by atoms with Crippen LogP contribution in [0.3, 0.4) is 0 Å². The third-order valence-electron chi connectivity index (χ3n) is 2.03. The van der Waals surface area contributed by atoms with Crippen LogP contribution in [0, 0.1) is 18.6 Å². The fourth-order valence-corrected chi connectivity index (χ4v) is 1.96. The molecule has 17 heavy (non-hydrogen) atoms. The Morgan fingerprint density at radius 3 is 2.76 bits per heavy atom. The monoisotopic (exact) mass is 256 g/mol. The number of aryl methyl sites for hydroxylation is 1. The highest BCUT2D eigenvalue weighted by atomic mass is 32.1. The minimum atomic E-state index is -0.863. The summed E-state index contributed by atoms with van der Waals surface area (Å²) < 4.78 is 26.2.